The second kappa shape index (κ2) is 14.1. The molecule has 3 aromatic heterocycles. The molecule has 1 fully saturated rings. The number of fused-ring (bicyclic) bond motifs is 1. The summed E-state index contributed by atoms with van der Waals surface area (Å²) in [4.78, 5) is 20.9. The largest absolute Gasteiger partial charge is 0.481 e. The van der Waals surface area contributed by atoms with Crippen molar-refractivity contribution in [3.63, 3.8) is 0 Å². The highest BCUT2D eigenvalue weighted by Crippen LogP contribution is 2.42. The molecule has 46 heavy (non-hydrogen) atoms. The van der Waals surface area contributed by atoms with Crippen LogP contribution < -0.4 is 20.7 Å². The molecular formula is C34H35Cl2N7O3. The maximum atomic E-state index is 11.5. The van der Waals surface area contributed by atoms with Crippen LogP contribution in [0.1, 0.15) is 31.0 Å². The number of halogens is 2. The van der Waals surface area contributed by atoms with E-state index in [0.717, 1.165) is 39.9 Å². The summed E-state index contributed by atoms with van der Waals surface area (Å²) < 4.78 is 7.37. The van der Waals surface area contributed by atoms with Crippen molar-refractivity contribution in [3.8, 4) is 39.5 Å². The average molecular weight is 661 g/mol. The van der Waals surface area contributed by atoms with E-state index in [-0.39, 0.29) is 11.9 Å². The number of ether oxygens (including phenoxy) is 1. The van der Waals surface area contributed by atoms with Gasteiger partial charge in [-0.3, -0.25) is 4.79 Å². The second-order valence-electron chi connectivity index (χ2n) is 11.4. The Labute approximate surface area is 277 Å². The van der Waals surface area contributed by atoms with E-state index < -0.39 is 6.10 Å². The third kappa shape index (κ3) is 7.01. The smallest absolute Gasteiger partial charge is 0.220 e. The van der Waals surface area contributed by atoms with Gasteiger partial charge in [0.15, 0.2) is 5.65 Å². The number of carbonyl (C=O) groups is 1. The second-order valence-corrected chi connectivity index (χ2v) is 12.1. The highest BCUT2D eigenvalue weighted by atomic mass is 35.5. The first-order chi connectivity index (χ1) is 22.3. The quantitative estimate of drug-likeness (QED) is 0.143. The first-order valence-electron chi connectivity index (χ1n) is 15.2. The molecule has 0 radical (unpaired) electrons. The van der Waals surface area contributed by atoms with E-state index in [4.69, 9.17) is 38.0 Å². The Morgan fingerprint density at radius 3 is 2.33 bits per heavy atom. The van der Waals surface area contributed by atoms with E-state index in [1.165, 1.54) is 0 Å². The van der Waals surface area contributed by atoms with Gasteiger partial charge < -0.3 is 25.8 Å². The number of benzene rings is 2. The molecule has 1 amide bonds. The lowest BCUT2D eigenvalue weighted by molar-refractivity contribution is -0.119. The number of imidazole rings is 1. The molecule has 1 aliphatic heterocycles. The summed E-state index contributed by atoms with van der Waals surface area (Å²) in [5, 5.41) is 24.9. The van der Waals surface area contributed by atoms with E-state index >= 15 is 0 Å². The highest BCUT2D eigenvalue weighted by molar-refractivity contribution is 6.39. The lowest BCUT2D eigenvalue weighted by atomic mass is 9.98. The zero-order valence-electron chi connectivity index (χ0n) is 25.6. The van der Waals surface area contributed by atoms with Gasteiger partial charge in [-0.15, -0.1) is 0 Å². The van der Waals surface area contributed by atoms with Gasteiger partial charge in [-0.25, -0.2) is 14.5 Å². The lowest BCUT2D eigenvalue weighted by Crippen LogP contribution is -2.35. The van der Waals surface area contributed by atoms with Gasteiger partial charge in [-0.2, -0.15) is 5.10 Å². The van der Waals surface area contributed by atoms with Crippen LogP contribution in [0, 0.1) is 0 Å². The number of nitrogens with one attached hydrogen (secondary N) is 3. The molecule has 0 saturated carbocycles. The van der Waals surface area contributed by atoms with Crippen molar-refractivity contribution >= 4 is 34.8 Å². The van der Waals surface area contributed by atoms with Crippen LogP contribution in [-0.2, 0) is 17.9 Å². The van der Waals surface area contributed by atoms with E-state index in [1.807, 2.05) is 66.9 Å². The van der Waals surface area contributed by atoms with Gasteiger partial charge in [0.2, 0.25) is 11.8 Å². The molecule has 12 heteroatoms. The van der Waals surface area contributed by atoms with Crippen LogP contribution in [0.4, 0.5) is 0 Å². The minimum atomic E-state index is -0.433. The summed E-state index contributed by atoms with van der Waals surface area (Å²) >= 11 is 14.1. The molecule has 6 rings (SSSR count). The highest BCUT2D eigenvalue weighted by Gasteiger charge is 2.21. The molecular weight excluding hydrogens is 625 g/mol. The van der Waals surface area contributed by atoms with E-state index in [0.29, 0.717) is 65.6 Å². The minimum Gasteiger partial charge on any atom is -0.481 e. The number of carbonyl (C=O) groups excluding carboxylic acids is 1. The fourth-order valence-corrected chi connectivity index (χ4v) is 6.24. The lowest BCUT2D eigenvalue weighted by Gasteiger charge is -2.15. The maximum Gasteiger partial charge on any atom is 0.220 e. The van der Waals surface area contributed by atoms with Crippen LogP contribution in [-0.4, -0.2) is 62.9 Å². The number of aliphatic hydroxyl groups is 1. The molecule has 10 nitrogen and oxygen atoms in total. The van der Waals surface area contributed by atoms with E-state index in [1.54, 1.807) is 18.5 Å². The van der Waals surface area contributed by atoms with Crippen molar-refractivity contribution in [1.29, 1.82) is 0 Å². The van der Waals surface area contributed by atoms with Gasteiger partial charge >= 0.3 is 0 Å². The first-order valence-corrected chi connectivity index (χ1v) is 15.9. The predicted octanol–water partition coefficient (Wildman–Crippen LogP) is 5.28. The maximum absolute atomic E-state index is 11.5. The van der Waals surface area contributed by atoms with Gasteiger partial charge in [-0.1, -0.05) is 65.7 Å². The fraction of sp³-hybridized carbons (Fsp3) is 0.294. The monoisotopic (exact) mass is 659 g/mol. The van der Waals surface area contributed by atoms with Crippen LogP contribution in [0.2, 0.25) is 10.0 Å². The number of methoxy groups -OCH3 is 1. The molecule has 1 unspecified atom stereocenters. The number of hydrogen-bond acceptors (Lipinski definition) is 8. The number of rotatable bonds is 12. The first kappa shape index (κ1) is 31.9. The number of amides is 1. The SMILES string of the molecule is COc1nc(-c2cccc(-c3cccc(-c4ccc5nc(CNCC(C)O)cn5n4)c3Cl)c2Cl)ccc1CNC[C@H]1CCC(=O)N1. The predicted molar refractivity (Wildman–Crippen MR) is 180 cm³/mol. The van der Waals surface area contributed by atoms with Gasteiger partial charge in [0.1, 0.15) is 0 Å². The zero-order chi connectivity index (χ0) is 32.2. The molecule has 4 N–H and O–H groups in total. The summed E-state index contributed by atoms with van der Waals surface area (Å²) in [7, 11) is 1.60. The summed E-state index contributed by atoms with van der Waals surface area (Å²) in [5.41, 5.74) is 6.87. The van der Waals surface area contributed by atoms with Crippen molar-refractivity contribution in [1.82, 2.24) is 35.5 Å². The Kier molecular flexibility index (Phi) is 9.81. The minimum absolute atomic E-state index is 0.100. The molecule has 1 saturated heterocycles. The Morgan fingerprint density at radius 1 is 0.957 bits per heavy atom. The van der Waals surface area contributed by atoms with E-state index in [2.05, 4.69) is 20.9 Å². The molecule has 0 aliphatic carbocycles. The summed E-state index contributed by atoms with van der Waals surface area (Å²) in [5.74, 6) is 0.605. The van der Waals surface area contributed by atoms with E-state index in [9.17, 15) is 9.90 Å². The molecule has 4 heterocycles. The Hall–Kier alpha value is -4.06. The molecule has 0 bridgehead atoms. The molecule has 2 atom stereocenters. The van der Waals surface area contributed by atoms with Crippen LogP contribution in [0.25, 0.3) is 39.3 Å². The van der Waals surface area contributed by atoms with Crippen LogP contribution in [0.3, 0.4) is 0 Å². The molecule has 2 aromatic carbocycles. The Balaban J connectivity index is 1.24. The van der Waals surface area contributed by atoms with Crippen molar-refractivity contribution in [2.75, 3.05) is 20.2 Å². The average Bonchev–Trinajstić information content (AvgIpc) is 3.66. The fourth-order valence-electron chi connectivity index (χ4n) is 5.59. The number of nitrogens with zero attached hydrogens (tertiary/aromatic N) is 4. The number of hydrogen-bond donors (Lipinski definition) is 4. The summed E-state index contributed by atoms with van der Waals surface area (Å²) in [6.07, 6.45) is 2.84. The topological polar surface area (TPSA) is 126 Å². The molecule has 238 valence electrons. The molecule has 5 aromatic rings. The summed E-state index contributed by atoms with van der Waals surface area (Å²) in [6.45, 7) is 3.97. The van der Waals surface area contributed by atoms with Crippen LogP contribution >= 0.6 is 23.2 Å². The summed E-state index contributed by atoms with van der Waals surface area (Å²) in [6, 6.07) is 19.4. The van der Waals surface area contributed by atoms with Crippen molar-refractivity contribution in [3.05, 3.63) is 88.2 Å². The zero-order valence-corrected chi connectivity index (χ0v) is 27.1. The van der Waals surface area contributed by atoms with Crippen molar-refractivity contribution in [2.24, 2.45) is 0 Å². The molecule has 1 aliphatic rings. The van der Waals surface area contributed by atoms with Gasteiger partial charge in [0.05, 0.1) is 46.5 Å². The van der Waals surface area contributed by atoms with Crippen LogP contribution in [0.5, 0.6) is 5.88 Å². The van der Waals surface area contributed by atoms with Gasteiger partial charge in [-0.05, 0) is 31.5 Å². The van der Waals surface area contributed by atoms with Crippen molar-refractivity contribution < 1.29 is 14.6 Å². The number of aromatic nitrogens is 4. The molecule has 0 spiro atoms. The standard InChI is InChI=1S/C34H35Cl2N7O3/c1-20(44)15-37-18-23-19-43-30(39-23)13-12-29(42-43)27-8-4-6-25(33(27)36)24-5-3-7-26(32(24)35)28-11-9-21(34(41-28)46-2)16-38-17-22-10-14-31(45)40-22/h3-9,11-13,19-20,22,37-38,44H,10,14-18H2,1-2H3,(H,40,45)/t20?,22-/m1/s1. The van der Waals surface area contributed by atoms with Gasteiger partial charge in [0, 0.05) is 66.5 Å². The van der Waals surface area contributed by atoms with Gasteiger partial charge in [0.25, 0.3) is 0 Å². The third-order valence-electron chi connectivity index (χ3n) is 7.88. The third-order valence-corrected chi connectivity index (χ3v) is 8.69. The number of pyridine rings is 1. The Morgan fingerprint density at radius 2 is 1.65 bits per heavy atom. The normalized spacial score (nSPS) is 15.3. The van der Waals surface area contributed by atoms with Crippen molar-refractivity contribution in [2.45, 2.75) is 45.0 Å². The number of aliphatic hydroxyl groups excluding tert-OH is 1. The van der Waals surface area contributed by atoms with Crippen LogP contribution in [0.15, 0.2) is 66.9 Å². The Bertz CT molecular complexity index is 1880.